The lowest BCUT2D eigenvalue weighted by Gasteiger charge is -2.01. The molecule has 0 saturated carbocycles. The summed E-state index contributed by atoms with van der Waals surface area (Å²) in [7, 11) is 1.55. The van der Waals surface area contributed by atoms with Crippen molar-refractivity contribution in [2.75, 3.05) is 7.11 Å². The molecular weight excluding hydrogens is 157 g/mol. The number of ether oxygens (including phenoxy) is 1. The summed E-state index contributed by atoms with van der Waals surface area (Å²) in [5.41, 5.74) is 1.54. The second-order valence-electron chi connectivity index (χ2n) is 2.53. The van der Waals surface area contributed by atoms with Gasteiger partial charge in [0.1, 0.15) is 5.82 Å². The third-order valence-electron chi connectivity index (χ3n) is 1.51. The summed E-state index contributed by atoms with van der Waals surface area (Å²) >= 11 is 0. The highest BCUT2D eigenvalue weighted by Crippen LogP contribution is 2.10. The van der Waals surface area contributed by atoms with Crippen LogP contribution in [0.5, 0.6) is 0 Å². The molecule has 2 nitrogen and oxygen atoms in total. The molecule has 0 bridgehead atoms. The van der Waals surface area contributed by atoms with Gasteiger partial charge in [-0.25, -0.2) is 4.39 Å². The van der Waals surface area contributed by atoms with Crippen LogP contribution in [0, 0.1) is 12.7 Å². The zero-order valence-electron chi connectivity index (χ0n) is 7.43. The van der Waals surface area contributed by atoms with Crippen LogP contribution in [0.4, 0.5) is 4.39 Å². The Morgan fingerprint density at radius 2 is 2.08 bits per heavy atom. The van der Waals surface area contributed by atoms with Crippen molar-refractivity contribution in [2.45, 2.75) is 13.5 Å². The molecule has 68 valence electrons. The van der Waals surface area contributed by atoms with E-state index >= 15 is 0 Å². The Morgan fingerprint density at radius 3 is 2.58 bits per heavy atom. The molecule has 0 unspecified atom stereocenters. The molecular formula is C9H14FNO. The molecule has 0 radical (unpaired) electrons. The third kappa shape index (κ3) is 2.60. The van der Waals surface area contributed by atoms with Crippen LogP contribution >= 0.6 is 0 Å². The summed E-state index contributed by atoms with van der Waals surface area (Å²) in [5.74, 6) is -0.188. The number of methoxy groups -OCH3 is 1. The van der Waals surface area contributed by atoms with Crippen molar-refractivity contribution in [3.63, 3.8) is 0 Å². The SMILES string of the molecule is COCc1ccc(C)cc1F.N. The minimum atomic E-state index is -0.188. The van der Waals surface area contributed by atoms with E-state index in [4.69, 9.17) is 4.74 Å². The molecule has 1 rings (SSSR count). The lowest BCUT2D eigenvalue weighted by molar-refractivity contribution is 0.181. The van der Waals surface area contributed by atoms with Crippen LogP contribution in [-0.2, 0) is 11.3 Å². The van der Waals surface area contributed by atoms with Gasteiger partial charge < -0.3 is 10.9 Å². The Balaban J connectivity index is 0.00000121. The number of hydrogen-bond acceptors (Lipinski definition) is 2. The second kappa shape index (κ2) is 4.85. The molecule has 3 heteroatoms. The highest BCUT2D eigenvalue weighted by Gasteiger charge is 1.99. The first-order valence-corrected chi connectivity index (χ1v) is 3.48. The van der Waals surface area contributed by atoms with Crippen molar-refractivity contribution in [2.24, 2.45) is 0 Å². The first kappa shape index (κ1) is 11.1. The molecule has 0 spiro atoms. The van der Waals surface area contributed by atoms with Gasteiger partial charge in [-0.15, -0.1) is 0 Å². The van der Waals surface area contributed by atoms with Gasteiger partial charge in [-0.1, -0.05) is 12.1 Å². The van der Waals surface area contributed by atoms with Crippen LogP contribution in [0.25, 0.3) is 0 Å². The summed E-state index contributed by atoms with van der Waals surface area (Å²) in [6, 6.07) is 5.12. The summed E-state index contributed by atoms with van der Waals surface area (Å²) in [5, 5.41) is 0. The zero-order chi connectivity index (χ0) is 8.27. The fraction of sp³-hybridized carbons (Fsp3) is 0.333. The number of aryl methyl sites for hydroxylation is 1. The van der Waals surface area contributed by atoms with Gasteiger partial charge in [0.2, 0.25) is 0 Å². The largest absolute Gasteiger partial charge is 0.380 e. The van der Waals surface area contributed by atoms with E-state index in [0.717, 1.165) is 5.56 Å². The van der Waals surface area contributed by atoms with E-state index in [0.29, 0.717) is 12.2 Å². The molecule has 0 heterocycles. The lowest BCUT2D eigenvalue weighted by atomic mass is 10.1. The fourth-order valence-corrected chi connectivity index (χ4v) is 0.925. The van der Waals surface area contributed by atoms with E-state index in [1.807, 2.05) is 13.0 Å². The van der Waals surface area contributed by atoms with Crippen LogP contribution in [0.15, 0.2) is 18.2 Å². The first-order valence-electron chi connectivity index (χ1n) is 3.48. The summed E-state index contributed by atoms with van der Waals surface area (Å²) in [4.78, 5) is 0. The third-order valence-corrected chi connectivity index (χ3v) is 1.51. The van der Waals surface area contributed by atoms with E-state index in [1.54, 1.807) is 13.2 Å². The summed E-state index contributed by atoms with van der Waals surface area (Å²) in [6.45, 7) is 2.20. The van der Waals surface area contributed by atoms with Crippen LogP contribution in [0.2, 0.25) is 0 Å². The monoisotopic (exact) mass is 171 g/mol. The zero-order valence-corrected chi connectivity index (χ0v) is 7.43. The molecule has 0 aliphatic heterocycles. The van der Waals surface area contributed by atoms with Crippen LogP contribution in [0.3, 0.4) is 0 Å². The van der Waals surface area contributed by atoms with Gasteiger partial charge in [-0.2, -0.15) is 0 Å². The van der Waals surface area contributed by atoms with Crippen LogP contribution < -0.4 is 6.15 Å². The van der Waals surface area contributed by atoms with Crippen molar-refractivity contribution in [1.82, 2.24) is 6.15 Å². The van der Waals surface area contributed by atoms with E-state index < -0.39 is 0 Å². The standard InChI is InChI=1S/C9H11FO.H3N/c1-7-3-4-8(6-11-2)9(10)5-7;/h3-5H,6H2,1-2H3;1H3. The van der Waals surface area contributed by atoms with Crippen molar-refractivity contribution in [3.8, 4) is 0 Å². The predicted molar refractivity (Wildman–Crippen MR) is 46.9 cm³/mol. The number of hydrogen-bond donors (Lipinski definition) is 1. The molecule has 12 heavy (non-hydrogen) atoms. The molecule has 0 aromatic heterocycles. The number of rotatable bonds is 2. The highest BCUT2D eigenvalue weighted by atomic mass is 19.1. The van der Waals surface area contributed by atoms with Crippen molar-refractivity contribution < 1.29 is 9.13 Å². The average molecular weight is 171 g/mol. The maximum atomic E-state index is 13.0. The van der Waals surface area contributed by atoms with Gasteiger partial charge in [0.25, 0.3) is 0 Å². The molecule has 0 atom stereocenters. The normalized spacial score (nSPS) is 9.25. The van der Waals surface area contributed by atoms with Crippen molar-refractivity contribution in [1.29, 1.82) is 0 Å². The Morgan fingerprint density at radius 1 is 1.42 bits per heavy atom. The molecule has 0 aliphatic rings. The molecule has 1 aromatic rings. The van der Waals surface area contributed by atoms with Gasteiger partial charge in [-0.3, -0.25) is 0 Å². The maximum Gasteiger partial charge on any atom is 0.128 e. The van der Waals surface area contributed by atoms with Crippen LogP contribution in [0.1, 0.15) is 11.1 Å². The topological polar surface area (TPSA) is 44.2 Å². The highest BCUT2D eigenvalue weighted by molar-refractivity contribution is 5.22. The Hall–Kier alpha value is -0.930. The van der Waals surface area contributed by atoms with E-state index in [2.05, 4.69) is 0 Å². The van der Waals surface area contributed by atoms with Crippen molar-refractivity contribution >= 4 is 0 Å². The molecule has 3 N–H and O–H groups in total. The Bertz CT molecular complexity index is 250. The van der Waals surface area contributed by atoms with Crippen LogP contribution in [-0.4, -0.2) is 7.11 Å². The smallest absolute Gasteiger partial charge is 0.128 e. The molecule has 0 saturated heterocycles. The second-order valence-corrected chi connectivity index (χ2v) is 2.53. The quantitative estimate of drug-likeness (QED) is 0.742. The Labute approximate surface area is 71.9 Å². The fourth-order valence-electron chi connectivity index (χ4n) is 0.925. The number of benzene rings is 1. The average Bonchev–Trinajstić information content (AvgIpc) is 1.95. The van der Waals surface area contributed by atoms with E-state index in [1.165, 1.54) is 6.07 Å². The van der Waals surface area contributed by atoms with E-state index in [-0.39, 0.29) is 12.0 Å². The van der Waals surface area contributed by atoms with Gasteiger partial charge in [0.05, 0.1) is 6.61 Å². The van der Waals surface area contributed by atoms with Gasteiger partial charge >= 0.3 is 0 Å². The molecule has 0 aliphatic carbocycles. The minimum Gasteiger partial charge on any atom is -0.380 e. The summed E-state index contributed by atoms with van der Waals surface area (Å²) in [6.07, 6.45) is 0. The van der Waals surface area contributed by atoms with E-state index in [9.17, 15) is 4.39 Å². The van der Waals surface area contributed by atoms with Gasteiger partial charge in [0, 0.05) is 12.7 Å². The minimum absolute atomic E-state index is 0. The molecule has 0 fully saturated rings. The Kier molecular flexibility index (Phi) is 4.47. The predicted octanol–water partition coefficient (Wildman–Crippen LogP) is 2.44. The number of halogens is 1. The lowest BCUT2D eigenvalue weighted by Crippen LogP contribution is -1.92. The molecule has 0 amide bonds. The maximum absolute atomic E-state index is 13.0. The summed E-state index contributed by atoms with van der Waals surface area (Å²) < 4.78 is 17.8. The van der Waals surface area contributed by atoms with Crippen molar-refractivity contribution in [3.05, 3.63) is 35.1 Å². The first-order chi connectivity index (χ1) is 5.24. The molecule has 1 aromatic carbocycles. The van der Waals surface area contributed by atoms with Gasteiger partial charge in [-0.05, 0) is 18.6 Å². The van der Waals surface area contributed by atoms with Gasteiger partial charge in [0.15, 0.2) is 0 Å².